The first-order valence-electron chi connectivity index (χ1n) is 10.6. The van der Waals surface area contributed by atoms with Crippen molar-refractivity contribution in [1.82, 2.24) is 10.2 Å². The minimum absolute atomic E-state index is 0.0209. The summed E-state index contributed by atoms with van der Waals surface area (Å²) in [4.78, 5) is 27.7. The Morgan fingerprint density at radius 3 is 2.31 bits per heavy atom. The molecule has 3 aromatic rings. The summed E-state index contributed by atoms with van der Waals surface area (Å²) in [6.45, 7) is 0.904. The van der Waals surface area contributed by atoms with Crippen LogP contribution in [0.3, 0.4) is 0 Å². The van der Waals surface area contributed by atoms with Crippen molar-refractivity contribution in [3.05, 3.63) is 107 Å². The van der Waals surface area contributed by atoms with Crippen LogP contribution in [0.25, 0.3) is 0 Å². The molecule has 2 amide bonds. The van der Waals surface area contributed by atoms with Crippen LogP contribution in [0.4, 0.5) is 8.78 Å². The molecule has 1 aliphatic rings. The summed E-state index contributed by atoms with van der Waals surface area (Å²) in [5, 5.41) is 2.87. The van der Waals surface area contributed by atoms with E-state index in [-0.39, 0.29) is 42.2 Å². The Balaban J connectivity index is 1.52. The number of piperidine rings is 1. The van der Waals surface area contributed by atoms with E-state index < -0.39 is 11.7 Å². The molecule has 4 rings (SSSR count). The lowest BCUT2D eigenvalue weighted by Crippen LogP contribution is -2.48. The van der Waals surface area contributed by atoms with Gasteiger partial charge in [-0.05, 0) is 47.9 Å². The predicted octanol–water partition coefficient (Wildman–Crippen LogP) is 4.53. The highest BCUT2D eigenvalue weighted by Crippen LogP contribution is 2.31. The number of nitrogens with zero attached hydrogens (tertiary/aromatic N) is 1. The van der Waals surface area contributed by atoms with Gasteiger partial charge in [-0.2, -0.15) is 0 Å². The number of benzene rings is 3. The summed E-state index contributed by atoms with van der Waals surface area (Å²) in [5.41, 5.74) is 1.98. The zero-order valence-corrected chi connectivity index (χ0v) is 17.5. The molecule has 0 spiro atoms. The number of carbonyl (C=O) groups is 2. The van der Waals surface area contributed by atoms with Crippen molar-refractivity contribution in [3.8, 4) is 0 Å². The van der Waals surface area contributed by atoms with Gasteiger partial charge in [0.1, 0.15) is 11.6 Å². The SMILES string of the molecule is O=C(NCc1cccc(F)c1)C1CC(c2ccccc2)CN(C(=O)c2cccc(F)c2)C1. The smallest absolute Gasteiger partial charge is 0.253 e. The highest BCUT2D eigenvalue weighted by Gasteiger charge is 2.34. The number of carbonyl (C=O) groups excluding carboxylic acids is 2. The number of hydrogen-bond acceptors (Lipinski definition) is 2. The zero-order chi connectivity index (χ0) is 22.5. The van der Waals surface area contributed by atoms with Crippen LogP contribution in [0.1, 0.15) is 33.8 Å². The second kappa shape index (κ2) is 9.73. The van der Waals surface area contributed by atoms with Crippen LogP contribution in [-0.4, -0.2) is 29.8 Å². The molecule has 1 aliphatic heterocycles. The molecule has 1 N–H and O–H groups in total. The van der Waals surface area contributed by atoms with E-state index in [1.807, 2.05) is 30.3 Å². The van der Waals surface area contributed by atoms with Crippen molar-refractivity contribution in [3.63, 3.8) is 0 Å². The van der Waals surface area contributed by atoms with Crippen LogP contribution >= 0.6 is 0 Å². The maximum Gasteiger partial charge on any atom is 0.253 e. The molecule has 6 heteroatoms. The lowest BCUT2D eigenvalue weighted by atomic mass is 9.83. The molecule has 1 saturated heterocycles. The van der Waals surface area contributed by atoms with Gasteiger partial charge >= 0.3 is 0 Å². The minimum atomic E-state index is -0.475. The van der Waals surface area contributed by atoms with Gasteiger partial charge in [0.05, 0.1) is 5.92 Å². The van der Waals surface area contributed by atoms with Crippen LogP contribution in [0.15, 0.2) is 78.9 Å². The Bertz CT molecular complexity index is 1100. The van der Waals surface area contributed by atoms with Crippen LogP contribution in [-0.2, 0) is 11.3 Å². The highest BCUT2D eigenvalue weighted by atomic mass is 19.1. The Kier molecular flexibility index (Phi) is 6.59. The van der Waals surface area contributed by atoms with E-state index in [9.17, 15) is 18.4 Å². The van der Waals surface area contributed by atoms with Crippen molar-refractivity contribution >= 4 is 11.8 Å². The normalized spacial score (nSPS) is 18.2. The van der Waals surface area contributed by atoms with E-state index in [1.54, 1.807) is 23.1 Å². The summed E-state index contributed by atoms with van der Waals surface area (Å²) in [6, 6.07) is 21.4. The predicted molar refractivity (Wildman–Crippen MR) is 118 cm³/mol. The molecular weight excluding hydrogens is 410 g/mol. The van der Waals surface area contributed by atoms with Crippen LogP contribution < -0.4 is 5.32 Å². The van der Waals surface area contributed by atoms with Crippen LogP contribution in [0.2, 0.25) is 0 Å². The van der Waals surface area contributed by atoms with Crippen molar-refractivity contribution in [2.24, 2.45) is 5.92 Å². The minimum Gasteiger partial charge on any atom is -0.352 e. The fourth-order valence-electron chi connectivity index (χ4n) is 4.21. The fraction of sp³-hybridized carbons (Fsp3) is 0.231. The lowest BCUT2D eigenvalue weighted by molar-refractivity contribution is -0.126. The molecule has 0 radical (unpaired) electrons. The van der Waals surface area contributed by atoms with Gasteiger partial charge in [-0.1, -0.05) is 48.5 Å². The molecule has 2 atom stereocenters. The van der Waals surface area contributed by atoms with Gasteiger partial charge in [0, 0.05) is 31.1 Å². The number of amides is 2. The van der Waals surface area contributed by atoms with Gasteiger partial charge < -0.3 is 10.2 Å². The Morgan fingerprint density at radius 1 is 0.875 bits per heavy atom. The van der Waals surface area contributed by atoms with Gasteiger partial charge in [-0.15, -0.1) is 0 Å². The molecule has 1 heterocycles. The van der Waals surface area contributed by atoms with Crippen molar-refractivity contribution in [2.45, 2.75) is 18.9 Å². The average molecular weight is 434 g/mol. The van der Waals surface area contributed by atoms with E-state index in [0.717, 1.165) is 5.56 Å². The number of likely N-dealkylation sites (tertiary alicyclic amines) is 1. The summed E-state index contributed by atoms with van der Waals surface area (Å²) in [6.07, 6.45) is 0.589. The maximum absolute atomic E-state index is 13.7. The topological polar surface area (TPSA) is 49.4 Å². The van der Waals surface area contributed by atoms with Gasteiger partial charge in [-0.3, -0.25) is 9.59 Å². The molecule has 32 heavy (non-hydrogen) atoms. The Morgan fingerprint density at radius 2 is 1.59 bits per heavy atom. The molecule has 0 aromatic heterocycles. The van der Waals surface area contributed by atoms with Gasteiger partial charge in [0.25, 0.3) is 5.91 Å². The second-order valence-corrected chi connectivity index (χ2v) is 8.11. The standard InChI is InChI=1S/C26H24F2N2O2/c27-23-10-4-6-18(12-23)15-29-25(31)22-13-21(19-7-2-1-3-8-19)16-30(17-22)26(32)20-9-5-11-24(28)14-20/h1-12,14,21-22H,13,15-17H2,(H,29,31). The molecule has 2 unspecified atom stereocenters. The average Bonchev–Trinajstić information content (AvgIpc) is 2.82. The molecule has 1 fully saturated rings. The first-order chi connectivity index (χ1) is 15.5. The monoisotopic (exact) mass is 434 g/mol. The van der Waals surface area contributed by atoms with Gasteiger partial charge in [0.2, 0.25) is 5.91 Å². The van der Waals surface area contributed by atoms with Crippen molar-refractivity contribution < 1.29 is 18.4 Å². The fourth-order valence-corrected chi connectivity index (χ4v) is 4.21. The van der Waals surface area contributed by atoms with E-state index in [4.69, 9.17) is 0 Å². The maximum atomic E-state index is 13.7. The third-order valence-electron chi connectivity index (χ3n) is 5.81. The van der Waals surface area contributed by atoms with Crippen molar-refractivity contribution in [1.29, 1.82) is 0 Å². The van der Waals surface area contributed by atoms with Crippen molar-refractivity contribution in [2.75, 3.05) is 13.1 Å². The Hall–Kier alpha value is -3.54. The highest BCUT2D eigenvalue weighted by molar-refractivity contribution is 5.94. The van der Waals surface area contributed by atoms with E-state index in [1.165, 1.54) is 30.3 Å². The molecule has 164 valence electrons. The van der Waals surface area contributed by atoms with E-state index >= 15 is 0 Å². The molecule has 4 nitrogen and oxygen atoms in total. The van der Waals surface area contributed by atoms with Gasteiger partial charge in [-0.25, -0.2) is 8.78 Å². The molecule has 0 bridgehead atoms. The quantitative estimate of drug-likeness (QED) is 0.642. The third-order valence-corrected chi connectivity index (χ3v) is 5.81. The number of hydrogen-bond donors (Lipinski definition) is 1. The molecule has 0 aliphatic carbocycles. The number of halogens is 2. The van der Waals surface area contributed by atoms with Gasteiger partial charge in [0.15, 0.2) is 0 Å². The molecule has 0 saturated carbocycles. The summed E-state index contributed by atoms with van der Waals surface area (Å²) < 4.78 is 27.1. The lowest BCUT2D eigenvalue weighted by Gasteiger charge is -2.37. The number of nitrogens with one attached hydrogen (secondary N) is 1. The van der Waals surface area contributed by atoms with E-state index in [2.05, 4.69) is 5.32 Å². The van der Waals surface area contributed by atoms with Crippen LogP contribution in [0, 0.1) is 17.6 Å². The third kappa shape index (κ3) is 5.19. The summed E-state index contributed by atoms with van der Waals surface area (Å²) >= 11 is 0. The first-order valence-corrected chi connectivity index (χ1v) is 10.6. The zero-order valence-electron chi connectivity index (χ0n) is 17.5. The molecule has 3 aromatic carbocycles. The van der Waals surface area contributed by atoms with E-state index in [0.29, 0.717) is 18.5 Å². The number of rotatable bonds is 5. The first kappa shape index (κ1) is 21.7. The summed E-state index contributed by atoms with van der Waals surface area (Å²) in [5.74, 6) is -1.77. The summed E-state index contributed by atoms with van der Waals surface area (Å²) in [7, 11) is 0. The Labute approximate surface area is 185 Å². The van der Waals surface area contributed by atoms with Crippen LogP contribution in [0.5, 0.6) is 0 Å². The molecular formula is C26H24F2N2O2. The second-order valence-electron chi connectivity index (χ2n) is 8.11. The largest absolute Gasteiger partial charge is 0.352 e.